The van der Waals surface area contributed by atoms with Crippen LogP contribution in [0, 0.1) is 23.7 Å². The molecule has 5 rings (SSSR count). The summed E-state index contributed by atoms with van der Waals surface area (Å²) >= 11 is 0. The molecule has 17 nitrogen and oxygen atoms in total. The van der Waals surface area contributed by atoms with Gasteiger partial charge < -0.3 is 53.8 Å². The number of carbonyl (C=O) groups is 3. The molecular formula is C41H61N5O12. The Hall–Kier alpha value is -3.84. The molecule has 5 heterocycles. The van der Waals surface area contributed by atoms with Crippen molar-refractivity contribution in [2.75, 3.05) is 33.0 Å². The Labute approximate surface area is 339 Å². The van der Waals surface area contributed by atoms with E-state index in [-0.39, 0.29) is 62.3 Å². The lowest BCUT2D eigenvalue weighted by Gasteiger charge is -2.47. The van der Waals surface area contributed by atoms with Crippen molar-refractivity contribution >= 4 is 29.3 Å². The highest BCUT2D eigenvalue weighted by atomic mass is 16.7. The second-order valence-corrected chi connectivity index (χ2v) is 16.8. The van der Waals surface area contributed by atoms with Gasteiger partial charge in [-0.2, -0.15) is 4.98 Å². The summed E-state index contributed by atoms with van der Waals surface area (Å²) in [5.41, 5.74) is 4.29. The van der Waals surface area contributed by atoms with E-state index in [1.165, 1.54) is 20.1 Å². The van der Waals surface area contributed by atoms with Crippen LogP contribution in [0.2, 0.25) is 0 Å². The number of oxime groups is 1. The lowest BCUT2D eigenvalue weighted by Crippen LogP contribution is -2.60. The fourth-order valence-electron chi connectivity index (χ4n) is 8.47. The predicted molar refractivity (Wildman–Crippen MR) is 210 cm³/mol. The van der Waals surface area contributed by atoms with Gasteiger partial charge in [0.15, 0.2) is 18.7 Å². The van der Waals surface area contributed by atoms with Gasteiger partial charge in [0.25, 0.3) is 6.01 Å². The van der Waals surface area contributed by atoms with Gasteiger partial charge in [0.05, 0.1) is 42.8 Å². The van der Waals surface area contributed by atoms with Crippen LogP contribution >= 0.6 is 0 Å². The first kappa shape index (κ1) is 45.2. The number of likely N-dealkylation sites (N-methyl/N-ethyl adjacent to an activating group) is 1. The van der Waals surface area contributed by atoms with Crippen LogP contribution in [0.1, 0.15) is 80.3 Å². The molecule has 2 bridgehead atoms. The van der Waals surface area contributed by atoms with Crippen molar-refractivity contribution in [2.24, 2.45) is 28.8 Å². The van der Waals surface area contributed by atoms with Gasteiger partial charge in [-0.25, -0.2) is 0 Å². The molecule has 2 aromatic rings. The monoisotopic (exact) mass is 815 g/mol. The van der Waals surface area contributed by atoms with Crippen molar-refractivity contribution in [3.63, 3.8) is 0 Å². The fourth-order valence-corrected chi connectivity index (χ4v) is 8.47. The van der Waals surface area contributed by atoms with Crippen molar-refractivity contribution in [3.05, 3.63) is 30.3 Å². The highest BCUT2D eigenvalue weighted by Gasteiger charge is 2.53. The van der Waals surface area contributed by atoms with Gasteiger partial charge in [0.2, 0.25) is 0 Å². The number of hydrogen-bond donors (Lipinski definition) is 3. The Morgan fingerprint density at radius 1 is 1.05 bits per heavy atom. The summed E-state index contributed by atoms with van der Waals surface area (Å²) in [5, 5.41) is 28.1. The molecule has 17 heteroatoms. The molecule has 322 valence electrons. The number of rotatable bonds is 8. The van der Waals surface area contributed by atoms with Gasteiger partial charge in [-0.15, -0.1) is 0 Å². The van der Waals surface area contributed by atoms with Crippen molar-refractivity contribution in [2.45, 2.75) is 135 Å². The molecule has 0 aromatic carbocycles. The average molecular weight is 816 g/mol. The average Bonchev–Trinajstić information content (AvgIpc) is 3.62. The maximum atomic E-state index is 14.4. The van der Waals surface area contributed by atoms with E-state index < -0.39 is 77.3 Å². The Kier molecular flexibility index (Phi) is 14.5. The Bertz CT molecular complexity index is 1770. The Balaban J connectivity index is 1.57. The van der Waals surface area contributed by atoms with Crippen LogP contribution < -0.4 is 5.73 Å². The summed E-state index contributed by atoms with van der Waals surface area (Å²) in [6.45, 7) is 12.8. The number of nitrogen functional groups attached to an aromatic ring is 1. The van der Waals surface area contributed by atoms with E-state index >= 15 is 0 Å². The van der Waals surface area contributed by atoms with E-state index in [9.17, 15) is 24.6 Å². The maximum absolute atomic E-state index is 14.4. The van der Waals surface area contributed by atoms with Gasteiger partial charge in [0.1, 0.15) is 47.2 Å². The second kappa shape index (κ2) is 18.6. The number of esters is 1. The van der Waals surface area contributed by atoms with Crippen LogP contribution in [0.15, 0.2) is 34.2 Å². The van der Waals surface area contributed by atoms with Crippen molar-refractivity contribution in [1.82, 2.24) is 14.9 Å². The molecule has 4 N–H and O–H groups in total. The van der Waals surface area contributed by atoms with Crippen molar-refractivity contribution < 1.29 is 57.5 Å². The number of nitrogens with two attached hydrogens (primary N) is 1. The number of aliphatic hydroxyl groups excluding tert-OH is 1. The van der Waals surface area contributed by atoms with Crippen LogP contribution in [0.5, 0.6) is 0 Å². The zero-order valence-corrected chi connectivity index (χ0v) is 35.2. The topological polar surface area (TPSA) is 228 Å². The molecule has 0 amide bonds. The maximum Gasteiger partial charge on any atom is 0.316 e. The number of fused-ring (bicyclic) bond motifs is 5. The highest BCUT2D eigenvalue weighted by molar-refractivity contribution is 6.00. The molecule has 58 heavy (non-hydrogen) atoms. The molecule has 0 saturated carbocycles. The lowest BCUT2D eigenvalue weighted by molar-refractivity contribution is -0.296. The van der Waals surface area contributed by atoms with Gasteiger partial charge in [0, 0.05) is 35.6 Å². The summed E-state index contributed by atoms with van der Waals surface area (Å²) in [4.78, 5) is 58.7. The Morgan fingerprint density at radius 3 is 2.40 bits per heavy atom. The second-order valence-electron chi connectivity index (χ2n) is 16.8. The number of carbonyl (C=O) groups excluding carboxylic acids is 3. The lowest BCUT2D eigenvalue weighted by atomic mass is 9.74. The van der Waals surface area contributed by atoms with Crippen molar-refractivity contribution in [1.29, 1.82) is 0 Å². The first-order chi connectivity index (χ1) is 27.3. The third kappa shape index (κ3) is 9.95. The number of hydrogen-bond acceptors (Lipinski definition) is 17. The minimum Gasteiger partial charge on any atom is -0.459 e. The van der Waals surface area contributed by atoms with Gasteiger partial charge >= 0.3 is 5.97 Å². The van der Waals surface area contributed by atoms with Crippen LogP contribution in [0.25, 0.3) is 11.3 Å². The summed E-state index contributed by atoms with van der Waals surface area (Å²) < 4.78 is 37.0. The zero-order valence-electron chi connectivity index (χ0n) is 35.2. The molecule has 3 aliphatic heterocycles. The third-order valence-corrected chi connectivity index (χ3v) is 11.8. The predicted octanol–water partition coefficient (Wildman–Crippen LogP) is 3.34. The molecule has 13 atom stereocenters. The minimum absolute atomic E-state index is 0.0390. The molecular weight excluding hydrogens is 754 g/mol. The molecule has 0 unspecified atom stereocenters. The first-order valence-corrected chi connectivity index (χ1v) is 20.0. The summed E-state index contributed by atoms with van der Waals surface area (Å²) in [7, 11) is 3.71. The number of nitrogens with zero attached hydrogens (tertiary/aromatic N) is 4. The van der Waals surface area contributed by atoms with E-state index in [1.807, 2.05) is 25.9 Å². The molecule has 2 aromatic heterocycles. The summed E-state index contributed by atoms with van der Waals surface area (Å²) in [5.74, 6) is -5.55. The summed E-state index contributed by atoms with van der Waals surface area (Å²) in [6, 6.07) is 3.24. The SMILES string of the molecule is CC[C@H]1OC(=O)[C@H](C)C(=O)[C@H](C)[C@@H](O[C@@H]2O[C@H](C)C[C@H](N(C)C)[C@H]2O)[C@@]2(C)C[C@@H](C)C(=O)[C@H](C)[C@H](OC/C(=N\OCc3ccc(-c4coc(N)n4)cn3)CO2)[C@]1(C)O. The van der Waals surface area contributed by atoms with E-state index in [0.717, 1.165) is 0 Å². The van der Waals surface area contributed by atoms with E-state index in [1.54, 1.807) is 52.9 Å². The number of Topliss-reactive ketones (excluding diaryl/α,β-unsaturated/α-hetero) is 2. The van der Waals surface area contributed by atoms with Crippen LogP contribution in [-0.2, 0) is 49.5 Å². The summed E-state index contributed by atoms with van der Waals surface area (Å²) in [6.07, 6.45) is -2.36. The van der Waals surface area contributed by atoms with Gasteiger partial charge in [-0.3, -0.25) is 19.4 Å². The fraction of sp³-hybridized carbons (Fsp3) is 0.707. The smallest absolute Gasteiger partial charge is 0.316 e. The van der Waals surface area contributed by atoms with Crippen LogP contribution in [0.3, 0.4) is 0 Å². The number of aliphatic hydroxyl groups is 2. The number of oxazole rings is 1. The number of ketones is 2. The molecule has 3 aliphatic rings. The first-order valence-electron chi connectivity index (χ1n) is 20.0. The van der Waals surface area contributed by atoms with Gasteiger partial charge in [-0.05, 0) is 73.2 Å². The number of cyclic esters (lactones) is 1. The standard InChI is InChI=1S/C41H61N5O12/c1-11-31-41(8,51)36-23(4)32(47)21(2)15-40(7,54-18-28(17-52-36)45-55-19-27-13-12-26(16-43-27)29-20-53-39(42)44-29)35(24(5)33(48)25(6)37(50)57-31)58-38-34(49)30(46(9)10)14-22(3)56-38/h12-13,16,20-25,30-31,34-36,38,49,51H,11,14-15,17-19H2,1-10H3,(H2,42,44)/b45-28+/t21-,22-,23+,24+,25-,30+,31-,34-,35-,36+,38+,40-,41-/m1/s1. The quantitative estimate of drug-likeness (QED) is 0.197. The number of aromatic nitrogens is 2. The highest BCUT2D eigenvalue weighted by Crippen LogP contribution is 2.39. The third-order valence-electron chi connectivity index (χ3n) is 11.8. The zero-order chi connectivity index (χ0) is 42.7. The number of anilines is 1. The minimum atomic E-state index is -1.89. The van der Waals surface area contributed by atoms with Crippen LogP contribution in [-0.4, -0.2) is 130 Å². The molecule has 3 saturated heterocycles. The van der Waals surface area contributed by atoms with E-state index in [0.29, 0.717) is 23.4 Å². The molecule has 0 aliphatic carbocycles. The largest absolute Gasteiger partial charge is 0.459 e. The molecule has 3 fully saturated rings. The van der Waals surface area contributed by atoms with Crippen molar-refractivity contribution in [3.8, 4) is 11.3 Å². The Morgan fingerprint density at radius 2 is 1.78 bits per heavy atom. The van der Waals surface area contributed by atoms with Gasteiger partial charge in [-0.1, -0.05) is 32.9 Å². The number of pyridine rings is 1. The normalized spacial score (nSPS) is 37.8. The number of ether oxygens (including phenoxy) is 5. The van der Waals surface area contributed by atoms with E-state index in [4.69, 9.17) is 38.7 Å². The molecule has 0 spiro atoms. The van der Waals surface area contributed by atoms with E-state index in [2.05, 4.69) is 15.1 Å². The van der Waals surface area contributed by atoms with Crippen LogP contribution in [0.4, 0.5) is 6.01 Å². The molecule has 0 radical (unpaired) electrons.